The number of nitrogens with zero attached hydrogens (tertiary/aromatic N) is 1. The lowest BCUT2D eigenvalue weighted by Gasteiger charge is -2.40. The predicted molar refractivity (Wildman–Crippen MR) is 115 cm³/mol. The number of hydrogen-bond acceptors (Lipinski definition) is 3. The lowest BCUT2D eigenvalue weighted by Crippen LogP contribution is -2.44. The molecule has 5 rings (SSSR count). The number of rotatable bonds is 5. The Morgan fingerprint density at radius 2 is 1.93 bits per heavy atom. The summed E-state index contributed by atoms with van der Waals surface area (Å²) in [6.45, 7) is 2.44. The highest BCUT2D eigenvalue weighted by atomic mass is 32.1. The minimum absolute atomic E-state index is 0.115. The summed E-state index contributed by atoms with van der Waals surface area (Å²) >= 11 is 1.57. The zero-order valence-corrected chi connectivity index (χ0v) is 17.5. The summed E-state index contributed by atoms with van der Waals surface area (Å²) in [7, 11) is 0. The molecule has 4 nitrogen and oxygen atoms in total. The molecule has 1 saturated carbocycles. The van der Waals surface area contributed by atoms with Gasteiger partial charge in [0.2, 0.25) is 5.91 Å². The number of benzene rings is 1. The summed E-state index contributed by atoms with van der Waals surface area (Å²) in [4.78, 5) is 27.3. The van der Waals surface area contributed by atoms with E-state index in [0.717, 1.165) is 44.5 Å². The summed E-state index contributed by atoms with van der Waals surface area (Å²) in [5.41, 5.74) is 3.70. The zero-order valence-electron chi connectivity index (χ0n) is 16.7. The molecule has 1 aromatic heterocycles. The van der Waals surface area contributed by atoms with E-state index >= 15 is 0 Å². The van der Waals surface area contributed by atoms with Crippen LogP contribution in [0, 0.1) is 5.92 Å². The Kier molecular flexibility index (Phi) is 4.94. The molecule has 1 atom stereocenters. The maximum Gasteiger partial charge on any atom is 0.254 e. The molecule has 1 spiro atoms. The van der Waals surface area contributed by atoms with Gasteiger partial charge in [0.15, 0.2) is 0 Å². The van der Waals surface area contributed by atoms with E-state index in [4.69, 9.17) is 0 Å². The van der Waals surface area contributed by atoms with Gasteiger partial charge in [-0.25, -0.2) is 0 Å². The molecule has 2 aliphatic carbocycles. The zero-order chi connectivity index (χ0) is 19.8. The van der Waals surface area contributed by atoms with Crippen LogP contribution in [0.5, 0.6) is 0 Å². The Morgan fingerprint density at radius 3 is 2.66 bits per heavy atom. The van der Waals surface area contributed by atoms with E-state index in [1.54, 1.807) is 11.3 Å². The molecule has 2 aromatic rings. The predicted octanol–water partition coefficient (Wildman–Crippen LogP) is 4.33. The number of hydrogen-bond donors (Lipinski definition) is 1. The molecule has 5 heteroatoms. The topological polar surface area (TPSA) is 49.4 Å². The van der Waals surface area contributed by atoms with Gasteiger partial charge >= 0.3 is 0 Å². The first-order valence-electron chi connectivity index (χ1n) is 10.8. The van der Waals surface area contributed by atoms with Crippen molar-refractivity contribution in [2.45, 2.75) is 49.9 Å². The van der Waals surface area contributed by atoms with Gasteiger partial charge in [-0.3, -0.25) is 9.59 Å². The average molecular weight is 409 g/mol. The van der Waals surface area contributed by atoms with Crippen LogP contribution in [0.25, 0.3) is 0 Å². The molecule has 152 valence electrons. The van der Waals surface area contributed by atoms with Crippen molar-refractivity contribution in [2.24, 2.45) is 5.92 Å². The van der Waals surface area contributed by atoms with Gasteiger partial charge in [0.25, 0.3) is 5.91 Å². The lowest BCUT2D eigenvalue weighted by atomic mass is 9.73. The van der Waals surface area contributed by atoms with Crippen LogP contribution in [0.4, 0.5) is 0 Å². The maximum absolute atomic E-state index is 12.7. The smallest absolute Gasteiger partial charge is 0.254 e. The molecule has 0 unspecified atom stereocenters. The third-order valence-corrected chi connectivity index (χ3v) is 7.78. The number of piperidine rings is 1. The van der Waals surface area contributed by atoms with Gasteiger partial charge < -0.3 is 10.2 Å². The highest BCUT2D eigenvalue weighted by Gasteiger charge is 2.46. The molecule has 0 radical (unpaired) electrons. The van der Waals surface area contributed by atoms with E-state index in [2.05, 4.69) is 29.6 Å². The minimum atomic E-state index is 0.115. The average Bonchev–Trinajstić information content (AvgIpc) is 3.33. The number of thiophene rings is 1. The second kappa shape index (κ2) is 7.60. The van der Waals surface area contributed by atoms with Gasteiger partial charge in [0.1, 0.15) is 0 Å². The quantitative estimate of drug-likeness (QED) is 0.801. The highest BCUT2D eigenvalue weighted by molar-refractivity contribution is 7.08. The second-order valence-corrected chi connectivity index (χ2v) is 9.80. The second-order valence-electron chi connectivity index (χ2n) is 9.02. The van der Waals surface area contributed by atoms with Crippen molar-refractivity contribution in [3.8, 4) is 0 Å². The van der Waals surface area contributed by atoms with Gasteiger partial charge in [-0.05, 0) is 71.9 Å². The van der Waals surface area contributed by atoms with Gasteiger partial charge in [-0.15, -0.1) is 0 Å². The monoisotopic (exact) mass is 408 g/mol. The van der Waals surface area contributed by atoms with Crippen LogP contribution in [0.1, 0.15) is 65.9 Å². The molecule has 1 N–H and O–H groups in total. The van der Waals surface area contributed by atoms with Crippen molar-refractivity contribution >= 4 is 23.2 Å². The lowest BCUT2D eigenvalue weighted by molar-refractivity contribution is -0.121. The van der Waals surface area contributed by atoms with E-state index in [0.29, 0.717) is 18.3 Å². The van der Waals surface area contributed by atoms with Crippen LogP contribution in [0.3, 0.4) is 0 Å². The van der Waals surface area contributed by atoms with Gasteiger partial charge in [0.05, 0.1) is 5.56 Å². The van der Waals surface area contributed by atoms with Crippen LogP contribution in [0.15, 0.2) is 41.1 Å². The summed E-state index contributed by atoms with van der Waals surface area (Å²) in [6.07, 6.45) is 6.11. The molecule has 1 aliphatic heterocycles. The Morgan fingerprint density at radius 1 is 1.14 bits per heavy atom. The molecule has 2 fully saturated rings. The van der Waals surface area contributed by atoms with E-state index in [1.165, 1.54) is 24.0 Å². The molecule has 2 heterocycles. The third-order valence-electron chi connectivity index (χ3n) is 7.10. The summed E-state index contributed by atoms with van der Waals surface area (Å²) in [5, 5.41) is 7.04. The van der Waals surface area contributed by atoms with Crippen molar-refractivity contribution in [3.05, 3.63) is 57.8 Å². The van der Waals surface area contributed by atoms with E-state index in [9.17, 15) is 9.59 Å². The summed E-state index contributed by atoms with van der Waals surface area (Å²) < 4.78 is 0. The van der Waals surface area contributed by atoms with E-state index in [-0.39, 0.29) is 17.2 Å². The molecule has 2 amide bonds. The first-order valence-corrected chi connectivity index (χ1v) is 11.8. The molecule has 1 saturated heterocycles. The molecule has 29 heavy (non-hydrogen) atoms. The Hall–Kier alpha value is -2.14. The van der Waals surface area contributed by atoms with Crippen LogP contribution in [-0.4, -0.2) is 36.3 Å². The molecule has 1 aromatic carbocycles. The number of carbonyl (C=O) groups is 2. The fourth-order valence-electron chi connectivity index (χ4n) is 5.27. The molecule has 3 aliphatic rings. The Labute approximate surface area is 176 Å². The van der Waals surface area contributed by atoms with Gasteiger partial charge in [-0.1, -0.05) is 24.3 Å². The summed E-state index contributed by atoms with van der Waals surface area (Å²) in [5.74, 6) is 1.36. The maximum atomic E-state index is 12.7. The van der Waals surface area contributed by atoms with Gasteiger partial charge in [-0.2, -0.15) is 11.3 Å². The van der Waals surface area contributed by atoms with Crippen molar-refractivity contribution < 1.29 is 9.59 Å². The first-order chi connectivity index (χ1) is 14.1. The largest absolute Gasteiger partial charge is 0.356 e. The van der Waals surface area contributed by atoms with Crippen molar-refractivity contribution in [2.75, 3.05) is 19.6 Å². The number of likely N-dealkylation sites (tertiary alicyclic amines) is 1. The number of amides is 2. The number of nitrogens with one attached hydrogen (secondary N) is 1. The normalized spacial score (nSPS) is 22.5. The van der Waals surface area contributed by atoms with Crippen LogP contribution in [0.2, 0.25) is 0 Å². The van der Waals surface area contributed by atoms with Crippen LogP contribution in [-0.2, 0) is 10.2 Å². The standard InChI is InChI=1S/C24H28N2O2S/c27-22(25-15-17-5-6-17)13-19-14-24(21-4-2-1-3-20(19)21)8-10-26(11-9-24)23(28)18-7-12-29-16-18/h1-4,7,12,16-17,19H,5-6,8-11,13-15H2,(H,25,27)/t19-/m1/s1. The molecular weight excluding hydrogens is 380 g/mol. The molecular formula is C24H28N2O2S. The fraction of sp³-hybridized carbons (Fsp3) is 0.500. The summed E-state index contributed by atoms with van der Waals surface area (Å²) in [6, 6.07) is 10.6. The highest BCUT2D eigenvalue weighted by Crippen LogP contribution is 2.52. The van der Waals surface area contributed by atoms with E-state index in [1.807, 2.05) is 21.7 Å². The fourth-order valence-corrected chi connectivity index (χ4v) is 5.90. The number of carbonyl (C=O) groups excluding carboxylic acids is 2. The SMILES string of the molecule is O=C(C[C@@H]1CC2(CCN(C(=O)c3ccsc3)CC2)c2ccccc21)NCC1CC1. The molecule has 0 bridgehead atoms. The van der Waals surface area contributed by atoms with Crippen LogP contribution < -0.4 is 5.32 Å². The Balaban J connectivity index is 1.28. The van der Waals surface area contributed by atoms with Crippen molar-refractivity contribution in [1.29, 1.82) is 0 Å². The third kappa shape index (κ3) is 3.73. The first kappa shape index (κ1) is 18.9. The van der Waals surface area contributed by atoms with Crippen molar-refractivity contribution in [1.82, 2.24) is 10.2 Å². The van der Waals surface area contributed by atoms with Gasteiger partial charge in [0, 0.05) is 31.4 Å². The minimum Gasteiger partial charge on any atom is -0.356 e. The van der Waals surface area contributed by atoms with E-state index < -0.39 is 0 Å². The Bertz CT molecular complexity index is 895. The van der Waals surface area contributed by atoms with Crippen LogP contribution >= 0.6 is 11.3 Å². The number of fused-ring (bicyclic) bond motifs is 2. The van der Waals surface area contributed by atoms with Crippen molar-refractivity contribution in [3.63, 3.8) is 0 Å².